The summed E-state index contributed by atoms with van der Waals surface area (Å²) in [4.78, 5) is 11.5. The molecule has 0 aliphatic heterocycles. The molecule has 0 radical (unpaired) electrons. The first-order chi connectivity index (χ1) is 9.63. The summed E-state index contributed by atoms with van der Waals surface area (Å²) < 4.78 is 10.1. The predicted molar refractivity (Wildman–Crippen MR) is 80.8 cm³/mol. The minimum Gasteiger partial charge on any atom is -0.497 e. The molecule has 2 aromatic rings. The molecule has 0 aromatic heterocycles. The van der Waals surface area contributed by atoms with Crippen LogP contribution in [0.25, 0.3) is 16.3 Å². The lowest BCUT2D eigenvalue weighted by Crippen LogP contribution is -2.00. The van der Waals surface area contributed by atoms with Crippen LogP contribution in [0.3, 0.4) is 0 Å². The van der Waals surface area contributed by atoms with Gasteiger partial charge in [-0.1, -0.05) is 18.2 Å². The molecule has 104 valence electrons. The molecule has 0 atom stereocenters. The molecule has 0 spiro atoms. The van der Waals surface area contributed by atoms with E-state index in [9.17, 15) is 4.79 Å². The van der Waals surface area contributed by atoms with Gasteiger partial charge in [0, 0.05) is 6.08 Å². The molecule has 0 bridgehead atoms. The molecule has 20 heavy (non-hydrogen) atoms. The van der Waals surface area contributed by atoms with Gasteiger partial charge in [-0.2, -0.15) is 0 Å². The Morgan fingerprint density at radius 2 is 1.85 bits per heavy atom. The zero-order chi connectivity index (χ0) is 14.5. The van der Waals surface area contributed by atoms with Crippen LogP contribution in [0.5, 0.6) is 5.75 Å². The van der Waals surface area contributed by atoms with Crippen LogP contribution in [0.4, 0.5) is 0 Å². The highest BCUT2D eigenvalue weighted by atomic mass is 16.5. The third kappa shape index (κ3) is 3.18. The third-order valence-corrected chi connectivity index (χ3v) is 3.12. The molecule has 0 saturated carbocycles. The Morgan fingerprint density at radius 1 is 1.15 bits per heavy atom. The second-order valence-electron chi connectivity index (χ2n) is 4.51. The Hall–Kier alpha value is -2.29. The van der Waals surface area contributed by atoms with E-state index in [4.69, 9.17) is 9.47 Å². The van der Waals surface area contributed by atoms with E-state index in [2.05, 4.69) is 6.07 Å². The highest BCUT2D eigenvalue weighted by Crippen LogP contribution is 2.24. The van der Waals surface area contributed by atoms with Crippen molar-refractivity contribution in [3.05, 3.63) is 48.0 Å². The largest absolute Gasteiger partial charge is 0.497 e. The molecule has 0 aliphatic rings. The van der Waals surface area contributed by atoms with Gasteiger partial charge in [0.2, 0.25) is 0 Å². The van der Waals surface area contributed by atoms with Crippen LogP contribution in [0.1, 0.15) is 19.4 Å². The van der Waals surface area contributed by atoms with Gasteiger partial charge in [-0.05, 0) is 54.0 Å². The summed E-state index contributed by atoms with van der Waals surface area (Å²) in [5.74, 6) is 0.531. The Labute approximate surface area is 118 Å². The highest BCUT2D eigenvalue weighted by Gasteiger charge is 2.03. The summed E-state index contributed by atoms with van der Waals surface area (Å²) in [6.45, 7) is 4.09. The van der Waals surface area contributed by atoms with Crippen LogP contribution >= 0.6 is 0 Å². The molecule has 0 fully saturated rings. The fourth-order valence-electron chi connectivity index (χ4n) is 2.04. The summed E-state index contributed by atoms with van der Waals surface area (Å²) in [7, 11) is 1.65. The first-order valence-electron chi connectivity index (χ1n) is 6.57. The fraction of sp³-hybridized carbons (Fsp3) is 0.235. The SMILES string of the molecule is CCOC(=O)/C=C(/C)c1ccc2cc(OC)ccc2c1. The van der Waals surface area contributed by atoms with Gasteiger partial charge in [0.15, 0.2) is 0 Å². The van der Waals surface area contributed by atoms with Crippen LogP contribution in [0.15, 0.2) is 42.5 Å². The topological polar surface area (TPSA) is 35.5 Å². The highest BCUT2D eigenvalue weighted by molar-refractivity contribution is 5.93. The van der Waals surface area contributed by atoms with E-state index in [1.54, 1.807) is 14.0 Å². The number of methoxy groups -OCH3 is 1. The molecule has 3 heteroatoms. The third-order valence-electron chi connectivity index (χ3n) is 3.12. The number of ether oxygens (including phenoxy) is 2. The van der Waals surface area contributed by atoms with Crippen molar-refractivity contribution in [1.29, 1.82) is 0 Å². The summed E-state index contributed by atoms with van der Waals surface area (Å²) in [5.41, 5.74) is 1.90. The van der Waals surface area contributed by atoms with Crippen molar-refractivity contribution in [1.82, 2.24) is 0 Å². The number of rotatable bonds is 4. The average Bonchev–Trinajstić information content (AvgIpc) is 2.46. The smallest absolute Gasteiger partial charge is 0.331 e. The first-order valence-corrected chi connectivity index (χ1v) is 6.57. The summed E-state index contributed by atoms with van der Waals surface area (Å²) >= 11 is 0. The lowest BCUT2D eigenvalue weighted by atomic mass is 10.0. The minimum atomic E-state index is -0.306. The number of esters is 1. The zero-order valence-electron chi connectivity index (χ0n) is 12.0. The lowest BCUT2D eigenvalue weighted by molar-refractivity contribution is -0.137. The summed E-state index contributed by atoms with van der Waals surface area (Å²) in [6.07, 6.45) is 1.52. The Bertz CT molecular complexity index is 656. The van der Waals surface area contributed by atoms with Crippen molar-refractivity contribution in [2.45, 2.75) is 13.8 Å². The van der Waals surface area contributed by atoms with Gasteiger partial charge in [-0.15, -0.1) is 0 Å². The minimum absolute atomic E-state index is 0.306. The molecule has 0 amide bonds. The van der Waals surface area contributed by atoms with Crippen molar-refractivity contribution >= 4 is 22.3 Å². The van der Waals surface area contributed by atoms with Crippen molar-refractivity contribution in [2.24, 2.45) is 0 Å². The van der Waals surface area contributed by atoms with E-state index in [1.165, 1.54) is 6.08 Å². The number of fused-ring (bicyclic) bond motifs is 1. The molecular weight excluding hydrogens is 252 g/mol. The lowest BCUT2D eigenvalue weighted by Gasteiger charge is -2.06. The maximum absolute atomic E-state index is 11.5. The number of allylic oxidation sites excluding steroid dienone is 1. The van der Waals surface area contributed by atoms with Gasteiger partial charge in [0.05, 0.1) is 13.7 Å². The second kappa shape index (κ2) is 6.24. The Kier molecular flexibility index (Phi) is 4.41. The fourth-order valence-corrected chi connectivity index (χ4v) is 2.04. The predicted octanol–water partition coefficient (Wildman–Crippen LogP) is 3.81. The monoisotopic (exact) mass is 270 g/mol. The van der Waals surface area contributed by atoms with E-state index >= 15 is 0 Å². The molecule has 2 rings (SSSR count). The van der Waals surface area contributed by atoms with Crippen molar-refractivity contribution < 1.29 is 14.3 Å². The standard InChI is InChI=1S/C17H18O3/c1-4-20-17(18)9-12(2)13-5-6-15-11-16(19-3)8-7-14(15)10-13/h5-11H,4H2,1-3H3/b12-9-. The van der Waals surface area contributed by atoms with E-state index in [1.807, 2.05) is 37.3 Å². The summed E-state index contributed by atoms with van der Waals surface area (Å²) in [6, 6.07) is 12.0. The van der Waals surface area contributed by atoms with Gasteiger partial charge in [0.25, 0.3) is 0 Å². The molecule has 0 N–H and O–H groups in total. The number of hydrogen-bond donors (Lipinski definition) is 0. The maximum atomic E-state index is 11.5. The van der Waals surface area contributed by atoms with Crippen molar-refractivity contribution in [3.63, 3.8) is 0 Å². The molecule has 0 heterocycles. The van der Waals surface area contributed by atoms with Crippen LogP contribution in [0, 0.1) is 0 Å². The van der Waals surface area contributed by atoms with Gasteiger partial charge in [-0.25, -0.2) is 4.79 Å². The van der Waals surface area contributed by atoms with Crippen molar-refractivity contribution in [2.75, 3.05) is 13.7 Å². The average molecular weight is 270 g/mol. The molecule has 0 unspecified atom stereocenters. The van der Waals surface area contributed by atoms with Crippen LogP contribution in [-0.2, 0) is 9.53 Å². The summed E-state index contributed by atoms with van der Waals surface area (Å²) in [5, 5.41) is 2.22. The van der Waals surface area contributed by atoms with E-state index in [-0.39, 0.29) is 5.97 Å². The Balaban J connectivity index is 2.34. The zero-order valence-corrected chi connectivity index (χ0v) is 12.0. The Morgan fingerprint density at radius 3 is 2.55 bits per heavy atom. The van der Waals surface area contributed by atoms with Gasteiger partial charge in [0.1, 0.15) is 5.75 Å². The van der Waals surface area contributed by atoms with E-state index in [0.29, 0.717) is 6.61 Å². The quantitative estimate of drug-likeness (QED) is 0.626. The first kappa shape index (κ1) is 14.1. The maximum Gasteiger partial charge on any atom is 0.331 e. The molecular formula is C17H18O3. The van der Waals surface area contributed by atoms with E-state index in [0.717, 1.165) is 27.7 Å². The second-order valence-corrected chi connectivity index (χ2v) is 4.51. The van der Waals surface area contributed by atoms with Crippen molar-refractivity contribution in [3.8, 4) is 5.75 Å². The van der Waals surface area contributed by atoms with Gasteiger partial charge in [-0.3, -0.25) is 0 Å². The van der Waals surface area contributed by atoms with Crippen LogP contribution in [-0.4, -0.2) is 19.7 Å². The molecule has 0 aliphatic carbocycles. The van der Waals surface area contributed by atoms with Gasteiger partial charge < -0.3 is 9.47 Å². The molecule has 0 saturated heterocycles. The van der Waals surface area contributed by atoms with Gasteiger partial charge >= 0.3 is 5.97 Å². The number of benzene rings is 2. The number of carbonyl (C=O) groups is 1. The van der Waals surface area contributed by atoms with Crippen LogP contribution in [0.2, 0.25) is 0 Å². The molecule has 3 nitrogen and oxygen atoms in total. The normalized spacial score (nSPS) is 11.4. The number of carbonyl (C=O) groups excluding carboxylic acids is 1. The molecule has 2 aromatic carbocycles. The van der Waals surface area contributed by atoms with E-state index < -0.39 is 0 Å². The van der Waals surface area contributed by atoms with Crippen LogP contribution < -0.4 is 4.74 Å². The number of hydrogen-bond acceptors (Lipinski definition) is 3.